The number of nitrogens with one attached hydrogen (secondary N) is 1. The summed E-state index contributed by atoms with van der Waals surface area (Å²) in [4.78, 5) is 25.0. The van der Waals surface area contributed by atoms with Gasteiger partial charge in [-0.3, -0.25) is 4.79 Å². The summed E-state index contributed by atoms with van der Waals surface area (Å²) in [5, 5.41) is 0. The fraction of sp³-hybridized carbons (Fsp3) is 0.500. The highest BCUT2D eigenvalue weighted by Crippen LogP contribution is 2.29. The molecule has 1 heterocycles. The first-order chi connectivity index (χ1) is 8.68. The summed E-state index contributed by atoms with van der Waals surface area (Å²) >= 11 is 0. The molecule has 0 spiro atoms. The van der Waals surface area contributed by atoms with Crippen molar-refractivity contribution >= 4 is 5.97 Å². The van der Waals surface area contributed by atoms with Gasteiger partial charge < -0.3 is 9.72 Å². The Bertz CT molecular complexity index is 532. The number of ether oxygens (including phenoxy) is 1. The van der Waals surface area contributed by atoms with Gasteiger partial charge in [-0.05, 0) is 24.5 Å². The monoisotopic (exact) mass is 277 g/mol. The van der Waals surface area contributed by atoms with E-state index in [4.69, 9.17) is 0 Å². The van der Waals surface area contributed by atoms with Gasteiger partial charge in [-0.25, -0.2) is 4.79 Å². The van der Waals surface area contributed by atoms with E-state index in [-0.39, 0.29) is 17.7 Å². The van der Waals surface area contributed by atoms with Gasteiger partial charge >= 0.3 is 12.1 Å². The van der Waals surface area contributed by atoms with Gasteiger partial charge in [0.15, 0.2) is 0 Å². The zero-order valence-corrected chi connectivity index (χ0v) is 10.7. The molecule has 1 N–H and O–H groups in total. The number of esters is 1. The number of halogens is 3. The van der Waals surface area contributed by atoms with Crippen molar-refractivity contribution in [3.63, 3.8) is 0 Å². The summed E-state index contributed by atoms with van der Waals surface area (Å²) < 4.78 is 42.5. The van der Waals surface area contributed by atoms with Crippen LogP contribution in [0.25, 0.3) is 0 Å². The van der Waals surface area contributed by atoms with E-state index in [1.165, 1.54) is 0 Å². The van der Waals surface area contributed by atoms with E-state index in [1.54, 1.807) is 25.8 Å². The van der Waals surface area contributed by atoms with Crippen LogP contribution in [-0.2, 0) is 10.9 Å². The Morgan fingerprint density at radius 3 is 2.42 bits per heavy atom. The Balaban J connectivity index is 3.49. The van der Waals surface area contributed by atoms with Crippen LogP contribution in [-0.4, -0.2) is 17.6 Å². The molecule has 0 unspecified atom stereocenters. The van der Waals surface area contributed by atoms with Crippen LogP contribution in [0.4, 0.5) is 13.2 Å². The number of carbonyl (C=O) groups excluding carboxylic acids is 1. The molecule has 1 aromatic heterocycles. The topological polar surface area (TPSA) is 59.2 Å². The van der Waals surface area contributed by atoms with Crippen LogP contribution in [0.2, 0.25) is 0 Å². The summed E-state index contributed by atoms with van der Waals surface area (Å²) in [5.74, 6) is -1.33. The lowest BCUT2D eigenvalue weighted by Gasteiger charge is -2.14. The van der Waals surface area contributed by atoms with E-state index < -0.39 is 29.3 Å². The van der Waals surface area contributed by atoms with Crippen molar-refractivity contribution in [1.29, 1.82) is 0 Å². The molecule has 0 aliphatic rings. The Hall–Kier alpha value is -1.79. The molecular formula is C12H14F3NO3. The van der Waals surface area contributed by atoms with Gasteiger partial charge in [0.05, 0.1) is 6.61 Å². The Morgan fingerprint density at radius 2 is 2.00 bits per heavy atom. The number of aromatic nitrogens is 1. The first-order valence-electron chi connectivity index (χ1n) is 5.70. The fourth-order valence-electron chi connectivity index (χ4n) is 1.60. The highest BCUT2D eigenvalue weighted by molar-refractivity contribution is 5.90. The molecule has 1 rings (SSSR count). The minimum absolute atomic E-state index is 0.0227. The van der Waals surface area contributed by atoms with Crippen LogP contribution in [0.15, 0.2) is 10.9 Å². The molecule has 106 valence electrons. The van der Waals surface area contributed by atoms with E-state index in [9.17, 15) is 22.8 Å². The number of pyridine rings is 1. The third-order valence-electron chi connectivity index (χ3n) is 2.47. The predicted octanol–water partition coefficient (Wildman–Crippen LogP) is 2.69. The molecule has 0 radical (unpaired) electrons. The lowest BCUT2D eigenvalue weighted by molar-refractivity contribution is -0.141. The molecule has 7 heteroatoms. The molecular weight excluding hydrogens is 263 g/mol. The molecule has 0 bridgehead atoms. The number of rotatable bonds is 3. The van der Waals surface area contributed by atoms with Crippen molar-refractivity contribution in [1.82, 2.24) is 4.98 Å². The van der Waals surface area contributed by atoms with Crippen LogP contribution in [0.5, 0.6) is 0 Å². The van der Waals surface area contributed by atoms with Crippen LogP contribution in [0.1, 0.15) is 48.3 Å². The average Bonchev–Trinajstić information content (AvgIpc) is 2.26. The molecule has 0 aromatic carbocycles. The van der Waals surface area contributed by atoms with E-state index in [1.807, 2.05) is 0 Å². The predicted molar refractivity (Wildman–Crippen MR) is 62.1 cm³/mol. The maximum atomic E-state index is 12.6. The number of hydrogen-bond acceptors (Lipinski definition) is 3. The third kappa shape index (κ3) is 3.36. The van der Waals surface area contributed by atoms with Crippen molar-refractivity contribution in [2.45, 2.75) is 32.9 Å². The van der Waals surface area contributed by atoms with Gasteiger partial charge in [0, 0.05) is 0 Å². The molecule has 1 aromatic rings. The summed E-state index contributed by atoms with van der Waals surface area (Å²) in [6.45, 7) is 4.78. The standard InChI is InChI=1S/C12H14F3NO3/c1-4-19-11(18)9-7(6(2)3)5-8(12(13,14)15)16-10(9)17/h5-6H,4H2,1-3H3,(H,16,17). The lowest BCUT2D eigenvalue weighted by atomic mass is 9.97. The van der Waals surface area contributed by atoms with Gasteiger partial charge in [0.25, 0.3) is 5.56 Å². The van der Waals surface area contributed by atoms with E-state index >= 15 is 0 Å². The maximum Gasteiger partial charge on any atom is 0.431 e. The second-order valence-corrected chi connectivity index (χ2v) is 4.22. The number of carbonyl (C=O) groups is 1. The summed E-state index contributed by atoms with van der Waals surface area (Å²) in [6, 6.07) is 0.776. The molecule has 0 saturated carbocycles. The Kier molecular flexibility index (Phi) is 4.39. The van der Waals surface area contributed by atoms with Crippen molar-refractivity contribution in [3.05, 3.63) is 33.2 Å². The highest BCUT2D eigenvalue weighted by Gasteiger charge is 2.34. The zero-order chi connectivity index (χ0) is 14.8. The molecule has 0 aliphatic heterocycles. The highest BCUT2D eigenvalue weighted by atomic mass is 19.4. The van der Waals surface area contributed by atoms with Crippen LogP contribution in [0, 0.1) is 0 Å². The van der Waals surface area contributed by atoms with Crippen molar-refractivity contribution in [2.75, 3.05) is 6.61 Å². The summed E-state index contributed by atoms with van der Waals surface area (Å²) in [7, 11) is 0. The zero-order valence-electron chi connectivity index (χ0n) is 10.7. The molecule has 0 atom stereocenters. The fourth-order valence-corrected chi connectivity index (χ4v) is 1.60. The van der Waals surface area contributed by atoms with Crippen molar-refractivity contribution in [3.8, 4) is 0 Å². The lowest BCUT2D eigenvalue weighted by Crippen LogP contribution is -2.26. The average molecular weight is 277 g/mol. The van der Waals surface area contributed by atoms with E-state index in [0.29, 0.717) is 0 Å². The molecule has 0 amide bonds. The normalized spacial score (nSPS) is 11.7. The third-order valence-corrected chi connectivity index (χ3v) is 2.47. The van der Waals surface area contributed by atoms with Crippen molar-refractivity contribution < 1.29 is 22.7 Å². The number of alkyl halides is 3. The van der Waals surface area contributed by atoms with E-state index in [0.717, 1.165) is 6.07 Å². The number of aromatic amines is 1. The minimum atomic E-state index is -4.67. The van der Waals surface area contributed by atoms with Gasteiger partial charge in [-0.15, -0.1) is 0 Å². The summed E-state index contributed by atoms with van der Waals surface area (Å²) in [6.07, 6.45) is -4.67. The van der Waals surface area contributed by atoms with Crippen LogP contribution < -0.4 is 5.56 Å². The second-order valence-electron chi connectivity index (χ2n) is 4.22. The van der Waals surface area contributed by atoms with Gasteiger partial charge in [-0.1, -0.05) is 13.8 Å². The Labute approximate surface area is 107 Å². The number of H-pyrrole nitrogens is 1. The minimum Gasteiger partial charge on any atom is -0.462 e. The molecule has 0 aliphatic carbocycles. The smallest absolute Gasteiger partial charge is 0.431 e. The molecule has 4 nitrogen and oxygen atoms in total. The molecule has 0 saturated heterocycles. The second kappa shape index (κ2) is 5.46. The molecule has 0 fully saturated rings. The molecule has 19 heavy (non-hydrogen) atoms. The van der Waals surface area contributed by atoms with Gasteiger partial charge in [0.1, 0.15) is 11.3 Å². The van der Waals surface area contributed by atoms with Crippen LogP contribution in [0.3, 0.4) is 0 Å². The van der Waals surface area contributed by atoms with Crippen molar-refractivity contribution in [2.24, 2.45) is 0 Å². The summed E-state index contributed by atoms with van der Waals surface area (Å²) in [5.41, 5.74) is -2.61. The first kappa shape index (κ1) is 15.3. The van der Waals surface area contributed by atoms with Gasteiger partial charge in [0.2, 0.25) is 0 Å². The Morgan fingerprint density at radius 1 is 1.42 bits per heavy atom. The quantitative estimate of drug-likeness (QED) is 0.864. The first-order valence-corrected chi connectivity index (χ1v) is 5.70. The number of hydrogen-bond donors (Lipinski definition) is 1. The largest absolute Gasteiger partial charge is 0.462 e. The van der Waals surface area contributed by atoms with E-state index in [2.05, 4.69) is 4.74 Å². The SMILES string of the molecule is CCOC(=O)c1c(C(C)C)cc(C(F)(F)F)[nH]c1=O. The van der Waals surface area contributed by atoms with Gasteiger partial charge in [-0.2, -0.15) is 13.2 Å². The van der Waals surface area contributed by atoms with Crippen LogP contribution >= 0.6 is 0 Å². The maximum absolute atomic E-state index is 12.6.